The molecule has 0 aromatic rings. The minimum Gasteiger partial charge on any atom is -0.448 e. The Morgan fingerprint density at radius 3 is 2.41 bits per heavy atom. The number of nitrogens with one attached hydrogen (secondary N) is 1. The van der Waals surface area contributed by atoms with Gasteiger partial charge in [-0.05, 0) is 11.8 Å². The van der Waals surface area contributed by atoms with Crippen LogP contribution in [0.3, 0.4) is 0 Å². The molecule has 1 unspecified atom stereocenters. The van der Waals surface area contributed by atoms with E-state index in [9.17, 15) is 9.59 Å². The molecule has 100 valence electrons. The number of amides is 2. The molecule has 0 aliphatic carbocycles. The van der Waals surface area contributed by atoms with Crippen molar-refractivity contribution in [3.63, 3.8) is 0 Å². The summed E-state index contributed by atoms with van der Waals surface area (Å²) in [7, 11) is 0. The van der Waals surface area contributed by atoms with Gasteiger partial charge in [0.2, 0.25) is 5.91 Å². The molecule has 6 heteroatoms. The lowest BCUT2D eigenvalue weighted by Crippen LogP contribution is -2.35. The number of carbonyl (C=O) groups is 2. The van der Waals surface area contributed by atoms with E-state index < -0.39 is 6.09 Å². The Bertz CT molecular complexity index is 261. The molecule has 0 fully saturated rings. The van der Waals surface area contributed by atoms with Crippen molar-refractivity contribution in [3.8, 4) is 0 Å². The molecule has 2 amide bonds. The van der Waals surface area contributed by atoms with Gasteiger partial charge in [-0.25, -0.2) is 4.79 Å². The van der Waals surface area contributed by atoms with E-state index in [0.29, 0.717) is 0 Å². The van der Waals surface area contributed by atoms with E-state index in [-0.39, 0.29) is 36.9 Å². The van der Waals surface area contributed by atoms with Gasteiger partial charge in [-0.2, -0.15) is 0 Å². The summed E-state index contributed by atoms with van der Waals surface area (Å²) in [4.78, 5) is 21.7. The highest BCUT2D eigenvalue weighted by Gasteiger charge is 2.17. The van der Waals surface area contributed by atoms with E-state index in [2.05, 4.69) is 30.8 Å². The average molecular weight is 245 g/mol. The third-order valence-corrected chi connectivity index (χ3v) is 1.99. The molecule has 1 atom stereocenters. The van der Waals surface area contributed by atoms with E-state index >= 15 is 0 Å². The lowest BCUT2D eigenvalue weighted by Gasteiger charge is -2.22. The second kappa shape index (κ2) is 7.11. The third-order valence-electron chi connectivity index (χ3n) is 1.99. The molecule has 6 nitrogen and oxygen atoms in total. The SMILES string of the molecule is CC(C)(C)CC(N)CC(=O)NCCOC(N)=O. The molecular weight excluding hydrogens is 222 g/mol. The molecule has 0 bridgehead atoms. The zero-order chi connectivity index (χ0) is 13.5. The summed E-state index contributed by atoms with van der Waals surface area (Å²) in [5.74, 6) is -0.144. The van der Waals surface area contributed by atoms with Gasteiger partial charge in [0.05, 0.1) is 6.54 Å². The van der Waals surface area contributed by atoms with Crippen molar-refractivity contribution in [2.75, 3.05) is 13.2 Å². The van der Waals surface area contributed by atoms with Gasteiger partial charge in [0, 0.05) is 12.5 Å². The van der Waals surface area contributed by atoms with Crippen molar-refractivity contribution in [2.24, 2.45) is 16.9 Å². The predicted octanol–water partition coefficient (Wildman–Crippen LogP) is 0.352. The molecule has 0 heterocycles. The number of rotatable bonds is 6. The molecule has 0 radical (unpaired) electrons. The normalized spacial score (nSPS) is 12.9. The van der Waals surface area contributed by atoms with E-state index in [1.54, 1.807) is 0 Å². The van der Waals surface area contributed by atoms with Gasteiger partial charge in [0.15, 0.2) is 0 Å². The van der Waals surface area contributed by atoms with E-state index in [1.165, 1.54) is 0 Å². The van der Waals surface area contributed by atoms with Crippen LogP contribution in [0.2, 0.25) is 0 Å². The Hall–Kier alpha value is -1.30. The molecule has 0 spiro atoms. The molecule has 17 heavy (non-hydrogen) atoms. The first-order valence-corrected chi connectivity index (χ1v) is 5.65. The zero-order valence-electron chi connectivity index (χ0n) is 10.8. The first-order chi connectivity index (χ1) is 7.70. The predicted molar refractivity (Wildman–Crippen MR) is 65.2 cm³/mol. The summed E-state index contributed by atoms with van der Waals surface area (Å²) in [5.41, 5.74) is 10.7. The highest BCUT2D eigenvalue weighted by molar-refractivity contribution is 5.76. The Morgan fingerprint density at radius 1 is 1.35 bits per heavy atom. The van der Waals surface area contributed by atoms with Crippen molar-refractivity contribution in [3.05, 3.63) is 0 Å². The fourth-order valence-corrected chi connectivity index (χ4v) is 1.51. The van der Waals surface area contributed by atoms with Crippen LogP contribution in [0.15, 0.2) is 0 Å². The van der Waals surface area contributed by atoms with Crippen LogP contribution in [0.4, 0.5) is 4.79 Å². The van der Waals surface area contributed by atoms with Gasteiger partial charge < -0.3 is 21.5 Å². The van der Waals surface area contributed by atoms with E-state index in [4.69, 9.17) is 11.5 Å². The maximum Gasteiger partial charge on any atom is 0.404 e. The average Bonchev–Trinajstić information content (AvgIpc) is 2.08. The summed E-state index contributed by atoms with van der Waals surface area (Å²) < 4.78 is 4.47. The van der Waals surface area contributed by atoms with Crippen molar-refractivity contribution in [1.29, 1.82) is 0 Å². The number of primary amides is 1. The van der Waals surface area contributed by atoms with Gasteiger partial charge in [-0.1, -0.05) is 20.8 Å². The van der Waals surface area contributed by atoms with Crippen LogP contribution in [0, 0.1) is 5.41 Å². The van der Waals surface area contributed by atoms with E-state index in [1.807, 2.05) is 0 Å². The van der Waals surface area contributed by atoms with Crippen LogP contribution in [0.25, 0.3) is 0 Å². The van der Waals surface area contributed by atoms with Gasteiger partial charge in [0.25, 0.3) is 0 Å². The van der Waals surface area contributed by atoms with Gasteiger partial charge in [-0.3, -0.25) is 4.79 Å². The van der Waals surface area contributed by atoms with Crippen LogP contribution >= 0.6 is 0 Å². The topological polar surface area (TPSA) is 107 Å². The number of hydrogen-bond acceptors (Lipinski definition) is 4. The molecule has 5 N–H and O–H groups in total. The second-order valence-electron chi connectivity index (χ2n) is 5.25. The lowest BCUT2D eigenvalue weighted by atomic mass is 9.87. The van der Waals surface area contributed by atoms with Gasteiger partial charge in [-0.15, -0.1) is 0 Å². The minimum absolute atomic E-state index is 0.0790. The zero-order valence-corrected chi connectivity index (χ0v) is 10.8. The summed E-state index contributed by atoms with van der Waals surface area (Å²) in [5, 5.41) is 2.60. The maximum atomic E-state index is 11.4. The Balaban J connectivity index is 3.68. The Morgan fingerprint density at radius 2 is 1.94 bits per heavy atom. The van der Waals surface area contributed by atoms with E-state index in [0.717, 1.165) is 6.42 Å². The van der Waals surface area contributed by atoms with Crippen molar-refractivity contribution < 1.29 is 14.3 Å². The monoisotopic (exact) mass is 245 g/mol. The van der Waals surface area contributed by atoms with Crippen LogP contribution < -0.4 is 16.8 Å². The number of carbonyl (C=O) groups excluding carboxylic acids is 2. The first kappa shape index (κ1) is 15.7. The standard InChI is InChI=1S/C11H23N3O3/c1-11(2,3)7-8(12)6-9(15)14-4-5-17-10(13)16/h8H,4-7,12H2,1-3H3,(H2,13,16)(H,14,15). The van der Waals surface area contributed by atoms with Crippen molar-refractivity contribution in [2.45, 2.75) is 39.7 Å². The van der Waals surface area contributed by atoms with Crippen LogP contribution in [0.5, 0.6) is 0 Å². The Kier molecular flexibility index (Phi) is 6.57. The fraction of sp³-hybridized carbons (Fsp3) is 0.818. The minimum atomic E-state index is -0.844. The van der Waals surface area contributed by atoms with Crippen molar-refractivity contribution >= 4 is 12.0 Å². The van der Waals surface area contributed by atoms with Crippen LogP contribution in [-0.4, -0.2) is 31.2 Å². The smallest absolute Gasteiger partial charge is 0.404 e. The third kappa shape index (κ3) is 11.0. The highest BCUT2D eigenvalue weighted by Crippen LogP contribution is 2.20. The maximum absolute atomic E-state index is 11.4. The highest BCUT2D eigenvalue weighted by atomic mass is 16.5. The molecule has 0 aliphatic heterocycles. The molecule has 0 saturated heterocycles. The number of nitrogens with two attached hydrogens (primary N) is 2. The summed E-state index contributed by atoms with van der Waals surface area (Å²) in [6.45, 7) is 6.56. The molecule has 0 aromatic carbocycles. The quantitative estimate of drug-likeness (QED) is 0.587. The summed E-state index contributed by atoms with van der Waals surface area (Å²) >= 11 is 0. The summed E-state index contributed by atoms with van der Waals surface area (Å²) in [6, 6.07) is -0.160. The molecule has 0 saturated carbocycles. The fourth-order valence-electron chi connectivity index (χ4n) is 1.51. The molecule has 0 aromatic heterocycles. The van der Waals surface area contributed by atoms with Gasteiger partial charge in [0.1, 0.15) is 6.61 Å². The van der Waals surface area contributed by atoms with Crippen LogP contribution in [0.1, 0.15) is 33.6 Å². The summed E-state index contributed by atoms with van der Waals surface area (Å²) in [6.07, 6.45) is 0.204. The molecule has 0 aliphatic rings. The molecule has 0 rings (SSSR count). The lowest BCUT2D eigenvalue weighted by molar-refractivity contribution is -0.121. The second-order valence-corrected chi connectivity index (χ2v) is 5.25. The van der Waals surface area contributed by atoms with Gasteiger partial charge >= 0.3 is 6.09 Å². The van der Waals surface area contributed by atoms with Crippen molar-refractivity contribution in [1.82, 2.24) is 5.32 Å². The molecular formula is C11H23N3O3. The van der Waals surface area contributed by atoms with Crippen LogP contribution in [-0.2, 0) is 9.53 Å². The number of ether oxygens (including phenoxy) is 1. The largest absolute Gasteiger partial charge is 0.448 e. The number of hydrogen-bond donors (Lipinski definition) is 3. The first-order valence-electron chi connectivity index (χ1n) is 5.65. The Labute approximate surface area is 102 Å².